The van der Waals surface area contributed by atoms with Gasteiger partial charge in [-0.2, -0.15) is 0 Å². The lowest BCUT2D eigenvalue weighted by Gasteiger charge is -2.03. The van der Waals surface area contributed by atoms with Crippen molar-refractivity contribution in [1.29, 1.82) is 0 Å². The molecule has 70 valence electrons. The maximum atomic E-state index is 6.01. The smallest absolute Gasteiger partial charge is 0.140 e. The lowest BCUT2D eigenvalue weighted by Crippen LogP contribution is -2.12. The van der Waals surface area contributed by atoms with Gasteiger partial charge in [0, 0.05) is 12.0 Å². The number of hydrogen-bond donors (Lipinski definition) is 1. The molecule has 0 bridgehead atoms. The van der Waals surface area contributed by atoms with Crippen LogP contribution in [0.15, 0.2) is 10.6 Å². The van der Waals surface area contributed by atoms with Crippen LogP contribution in [0.1, 0.15) is 49.1 Å². The minimum Gasteiger partial charge on any atom is -0.361 e. The molecule has 1 aromatic heterocycles. The molecule has 2 saturated carbocycles. The van der Waals surface area contributed by atoms with E-state index in [-0.39, 0.29) is 6.04 Å². The largest absolute Gasteiger partial charge is 0.361 e. The Morgan fingerprint density at radius 2 is 2.15 bits per heavy atom. The molecule has 0 amide bonds. The molecule has 0 radical (unpaired) electrons. The second-order valence-electron chi connectivity index (χ2n) is 4.29. The second kappa shape index (κ2) is 2.58. The zero-order chi connectivity index (χ0) is 8.84. The summed E-state index contributed by atoms with van der Waals surface area (Å²) in [6.45, 7) is 0. The molecule has 3 heteroatoms. The Morgan fingerprint density at radius 1 is 1.38 bits per heavy atom. The van der Waals surface area contributed by atoms with E-state index < -0.39 is 0 Å². The Morgan fingerprint density at radius 3 is 2.77 bits per heavy atom. The number of nitrogens with two attached hydrogens (primary N) is 1. The van der Waals surface area contributed by atoms with Gasteiger partial charge >= 0.3 is 0 Å². The first-order valence-electron chi connectivity index (χ1n) is 5.06. The van der Waals surface area contributed by atoms with Crippen molar-refractivity contribution < 1.29 is 4.52 Å². The van der Waals surface area contributed by atoms with Crippen molar-refractivity contribution in [3.8, 4) is 0 Å². The standard InChI is InChI=1S/C10H14N2O/c11-10(7-3-4-7)8-5-9(13-12-8)6-1-2-6/h5-7,10H,1-4,11H2/t10-/m1/s1. The van der Waals surface area contributed by atoms with Gasteiger partial charge in [0.1, 0.15) is 11.5 Å². The Labute approximate surface area is 77.3 Å². The SMILES string of the molecule is N[C@@H](c1cc(C2CC2)on1)C1CC1. The minimum atomic E-state index is 0.122. The van der Waals surface area contributed by atoms with Crippen LogP contribution in [0, 0.1) is 5.92 Å². The molecule has 13 heavy (non-hydrogen) atoms. The summed E-state index contributed by atoms with van der Waals surface area (Å²) >= 11 is 0. The topological polar surface area (TPSA) is 52.0 Å². The molecule has 0 saturated heterocycles. The van der Waals surface area contributed by atoms with Gasteiger partial charge in [-0.15, -0.1) is 0 Å². The first-order valence-corrected chi connectivity index (χ1v) is 5.06. The number of aromatic nitrogens is 1. The van der Waals surface area contributed by atoms with E-state index in [0.29, 0.717) is 11.8 Å². The molecule has 2 N–H and O–H groups in total. The van der Waals surface area contributed by atoms with Crippen LogP contribution in [0.25, 0.3) is 0 Å². The molecule has 1 heterocycles. The first kappa shape index (κ1) is 7.56. The number of rotatable bonds is 3. The van der Waals surface area contributed by atoms with E-state index in [2.05, 4.69) is 11.2 Å². The normalized spacial score (nSPS) is 24.7. The molecule has 3 nitrogen and oxygen atoms in total. The third-order valence-electron chi connectivity index (χ3n) is 3.00. The fourth-order valence-electron chi connectivity index (χ4n) is 1.72. The van der Waals surface area contributed by atoms with Gasteiger partial charge in [-0.1, -0.05) is 5.16 Å². The zero-order valence-corrected chi connectivity index (χ0v) is 7.57. The van der Waals surface area contributed by atoms with Gasteiger partial charge in [-0.25, -0.2) is 0 Å². The zero-order valence-electron chi connectivity index (χ0n) is 7.57. The summed E-state index contributed by atoms with van der Waals surface area (Å²) in [5.74, 6) is 2.36. The van der Waals surface area contributed by atoms with E-state index in [9.17, 15) is 0 Å². The lowest BCUT2D eigenvalue weighted by atomic mass is 10.1. The second-order valence-corrected chi connectivity index (χ2v) is 4.29. The predicted molar refractivity (Wildman–Crippen MR) is 48.1 cm³/mol. The van der Waals surface area contributed by atoms with Crippen LogP contribution >= 0.6 is 0 Å². The summed E-state index contributed by atoms with van der Waals surface area (Å²) in [6, 6.07) is 2.18. The molecule has 2 aliphatic carbocycles. The summed E-state index contributed by atoms with van der Waals surface area (Å²) in [4.78, 5) is 0. The first-order chi connectivity index (χ1) is 6.34. The fraction of sp³-hybridized carbons (Fsp3) is 0.700. The van der Waals surface area contributed by atoms with Crippen LogP contribution in [0.3, 0.4) is 0 Å². The van der Waals surface area contributed by atoms with E-state index in [1.807, 2.05) is 0 Å². The Balaban J connectivity index is 1.79. The van der Waals surface area contributed by atoms with Gasteiger partial charge in [0.2, 0.25) is 0 Å². The predicted octanol–water partition coefficient (Wildman–Crippen LogP) is 1.96. The Hall–Kier alpha value is -0.830. The van der Waals surface area contributed by atoms with Crippen molar-refractivity contribution in [2.24, 2.45) is 11.7 Å². The molecule has 2 fully saturated rings. The molecule has 0 unspecified atom stereocenters. The van der Waals surface area contributed by atoms with Crippen LogP contribution in [0.2, 0.25) is 0 Å². The summed E-state index contributed by atoms with van der Waals surface area (Å²) in [7, 11) is 0. The van der Waals surface area contributed by atoms with Gasteiger partial charge in [0.25, 0.3) is 0 Å². The summed E-state index contributed by atoms with van der Waals surface area (Å²) < 4.78 is 5.26. The van der Waals surface area contributed by atoms with Gasteiger partial charge in [0.05, 0.1) is 6.04 Å². The van der Waals surface area contributed by atoms with Crippen LogP contribution in [-0.4, -0.2) is 5.16 Å². The lowest BCUT2D eigenvalue weighted by molar-refractivity contribution is 0.371. The fourth-order valence-corrected chi connectivity index (χ4v) is 1.72. The van der Waals surface area contributed by atoms with Gasteiger partial charge < -0.3 is 10.3 Å². The molecule has 0 aromatic carbocycles. The number of nitrogens with zero attached hydrogens (tertiary/aromatic N) is 1. The molecule has 1 atom stereocenters. The van der Waals surface area contributed by atoms with E-state index in [4.69, 9.17) is 10.3 Å². The Kier molecular flexibility index (Phi) is 1.50. The highest BCUT2D eigenvalue weighted by molar-refractivity contribution is 5.18. The van der Waals surface area contributed by atoms with Crippen molar-refractivity contribution in [3.63, 3.8) is 0 Å². The van der Waals surface area contributed by atoms with E-state index in [0.717, 1.165) is 11.5 Å². The minimum absolute atomic E-state index is 0.122. The quantitative estimate of drug-likeness (QED) is 0.769. The summed E-state index contributed by atoms with van der Waals surface area (Å²) in [6.07, 6.45) is 5.03. The highest BCUT2D eigenvalue weighted by Crippen LogP contribution is 2.43. The van der Waals surface area contributed by atoms with Crippen molar-refractivity contribution in [3.05, 3.63) is 17.5 Å². The van der Waals surface area contributed by atoms with E-state index in [1.54, 1.807) is 0 Å². The van der Waals surface area contributed by atoms with Crippen LogP contribution in [-0.2, 0) is 0 Å². The summed E-state index contributed by atoms with van der Waals surface area (Å²) in [5, 5.41) is 4.04. The average Bonchev–Trinajstić information content (AvgIpc) is 3.02. The third kappa shape index (κ3) is 1.37. The highest BCUT2D eigenvalue weighted by Gasteiger charge is 2.33. The number of hydrogen-bond acceptors (Lipinski definition) is 3. The van der Waals surface area contributed by atoms with Crippen molar-refractivity contribution in [2.75, 3.05) is 0 Å². The maximum Gasteiger partial charge on any atom is 0.140 e. The maximum absolute atomic E-state index is 6.01. The van der Waals surface area contributed by atoms with Crippen LogP contribution in [0.4, 0.5) is 0 Å². The molecular weight excluding hydrogens is 164 g/mol. The molecule has 0 aliphatic heterocycles. The Bertz CT molecular complexity index is 312. The molecule has 1 aromatic rings. The van der Waals surface area contributed by atoms with E-state index >= 15 is 0 Å². The van der Waals surface area contributed by atoms with Crippen molar-refractivity contribution in [1.82, 2.24) is 5.16 Å². The van der Waals surface area contributed by atoms with Crippen LogP contribution in [0.5, 0.6) is 0 Å². The highest BCUT2D eigenvalue weighted by atomic mass is 16.5. The monoisotopic (exact) mass is 178 g/mol. The van der Waals surface area contributed by atoms with Gasteiger partial charge in [-0.05, 0) is 31.6 Å². The third-order valence-corrected chi connectivity index (χ3v) is 3.00. The van der Waals surface area contributed by atoms with Gasteiger partial charge in [0.15, 0.2) is 0 Å². The van der Waals surface area contributed by atoms with E-state index in [1.165, 1.54) is 25.7 Å². The molecule has 3 rings (SSSR count). The summed E-state index contributed by atoms with van der Waals surface area (Å²) in [5.41, 5.74) is 6.97. The molecule has 2 aliphatic rings. The van der Waals surface area contributed by atoms with Crippen LogP contribution < -0.4 is 5.73 Å². The van der Waals surface area contributed by atoms with Crippen molar-refractivity contribution in [2.45, 2.75) is 37.6 Å². The molecule has 0 spiro atoms. The van der Waals surface area contributed by atoms with Crippen molar-refractivity contribution >= 4 is 0 Å². The average molecular weight is 178 g/mol. The van der Waals surface area contributed by atoms with Gasteiger partial charge in [-0.3, -0.25) is 0 Å². The molecular formula is C10H14N2O.